The monoisotopic (exact) mass is 312 g/mol. The second-order valence-electron chi connectivity index (χ2n) is 5.52. The lowest BCUT2D eigenvalue weighted by Crippen LogP contribution is -2.30. The number of nitrogens with zero attached hydrogens (tertiary/aromatic N) is 3. The SMILES string of the molecule is CSC1(CNc2nc(NN)nc(OC(C)C)n2)CCCC1. The zero-order valence-corrected chi connectivity index (χ0v) is 13.7. The van der Waals surface area contributed by atoms with Gasteiger partial charge in [-0.05, 0) is 32.9 Å². The smallest absolute Gasteiger partial charge is 0.323 e. The second-order valence-corrected chi connectivity index (χ2v) is 6.80. The number of thioether (sulfide) groups is 1. The van der Waals surface area contributed by atoms with Crippen LogP contribution >= 0.6 is 11.8 Å². The molecule has 0 radical (unpaired) electrons. The molecule has 7 nitrogen and oxygen atoms in total. The van der Waals surface area contributed by atoms with Gasteiger partial charge in [0.15, 0.2) is 0 Å². The Morgan fingerprint density at radius 3 is 2.48 bits per heavy atom. The van der Waals surface area contributed by atoms with Crippen molar-refractivity contribution in [1.29, 1.82) is 0 Å². The number of nitrogens with two attached hydrogens (primary N) is 1. The van der Waals surface area contributed by atoms with Crippen molar-refractivity contribution in [2.24, 2.45) is 5.84 Å². The van der Waals surface area contributed by atoms with E-state index < -0.39 is 0 Å². The lowest BCUT2D eigenvalue weighted by atomic mass is 10.1. The molecule has 118 valence electrons. The fourth-order valence-corrected chi connectivity index (χ4v) is 3.39. The summed E-state index contributed by atoms with van der Waals surface area (Å²) in [6.45, 7) is 4.69. The molecule has 0 unspecified atom stereocenters. The lowest BCUT2D eigenvalue weighted by molar-refractivity contribution is 0.222. The number of nitrogens with one attached hydrogen (secondary N) is 2. The minimum atomic E-state index is -0.00162. The van der Waals surface area contributed by atoms with Crippen molar-refractivity contribution in [2.75, 3.05) is 23.5 Å². The third-order valence-electron chi connectivity index (χ3n) is 3.60. The van der Waals surface area contributed by atoms with E-state index in [1.807, 2.05) is 25.6 Å². The van der Waals surface area contributed by atoms with Crippen LogP contribution in [-0.4, -0.2) is 38.6 Å². The van der Waals surface area contributed by atoms with E-state index in [1.165, 1.54) is 25.7 Å². The first-order valence-corrected chi connectivity index (χ1v) is 8.48. The van der Waals surface area contributed by atoms with Crippen molar-refractivity contribution in [3.63, 3.8) is 0 Å². The van der Waals surface area contributed by atoms with Crippen LogP contribution in [0.3, 0.4) is 0 Å². The van der Waals surface area contributed by atoms with Crippen molar-refractivity contribution < 1.29 is 4.74 Å². The quantitative estimate of drug-likeness (QED) is 0.520. The van der Waals surface area contributed by atoms with Crippen molar-refractivity contribution in [2.45, 2.75) is 50.4 Å². The predicted octanol–water partition coefficient (Wildman–Crippen LogP) is 2.03. The summed E-state index contributed by atoms with van der Waals surface area (Å²) < 4.78 is 5.80. The number of ether oxygens (including phenoxy) is 1. The Labute approximate surface area is 129 Å². The lowest BCUT2D eigenvalue weighted by Gasteiger charge is -2.26. The molecule has 0 aliphatic heterocycles. The molecule has 1 aliphatic rings. The highest BCUT2D eigenvalue weighted by Gasteiger charge is 2.32. The van der Waals surface area contributed by atoms with Crippen molar-refractivity contribution in [3.8, 4) is 6.01 Å². The predicted molar refractivity (Wildman–Crippen MR) is 86.6 cm³/mol. The highest BCUT2D eigenvalue weighted by molar-refractivity contribution is 8.00. The molecule has 0 amide bonds. The molecular formula is C13H24N6OS. The number of hydrogen-bond donors (Lipinski definition) is 3. The fourth-order valence-electron chi connectivity index (χ4n) is 2.48. The van der Waals surface area contributed by atoms with E-state index in [2.05, 4.69) is 32.0 Å². The Hall–Kier alpha value is -1.28. The van der Waals surface area contributed by atoms with Gasteiger partial charge in [-0.3, -0.25) is 5.43 Å². The molecule has 1 aromatic rings. The fraction of sp³-hybridized carbons (Fsp3) is 0.769. The van der Waals surface area contributed by atoms with Crippen LogP contribution in [0.5, 0.6) is 6.01 Å². The van der Waals surface area contributed by atoms with Gasteiger partial charge in [0, 0.05) is 11.3 Å². The van der Waals surface area contributed by atoms with E-state index in [0.29, 0.717) is 11.9 Å². The number of anilines is 2. The molecule has 1 heterocycles. The van der Waals surface area contributed by atoms with Crippen molar-refractivity contribution in [3.05, 3.63) is 0 Å². The van der Waals surface area contributed by atoms with E-state index in [-0.39, 0.29) is 16.9 Å². The Bertz CT molecular complexity index is 464. The van der Waals surface area contributed by atoms with E-state index >= 15 is 0 Å². The summed E-state index contributed by atoms with van der Waals surface area (Å²) in [5.74, 6) is 6.19. The molecule has 1 aliphatic carbocycles. The third-order valence-corrected chi connectivity index (χ3v) is 5.02. The van der Waals surface area contributed by atoms with Gasteiger partial charge in [-0.2, -0.15) is 26.7 Å². The summed E-state index contributed by atoms with van der Waals surface area (Å²) in [5, 5.41) is 3.31. The van der Waals surface area contributed by atoms with Crippen LogP contribution in [0, 0.1) is 0 Å². The van der Waals surface area contributed by atoms with Crippen LogP contribution in [0.1, 0.15) is 39.5 Å². The van der Waals surface area contributed by atoms with E-state index in [4.69, 9.17) is 10.6 Å². The second kappa shape index (κ2) is 7.13. The number of hydrogen-bond acceptors (Lipinski definition) is 8. The maximum atomic E-state index is 5.52. The van der Waals surface area contributed by atoms with Gasteiger partial charge in [-0.1, -0.05) is 12.8 Å². The highest BCUT2D eigenvalue weighted by atomic mass is 32.2. The molecule has 2 rings (SSSR count). The van der Waals surface area contributed by atoms with Crippen LogP contribution in [0.4, 0.5) is 11.9 Å². The molecule has 0 atom stereocenters. The van der Waals surface area contributed by atoms with Crippen LogP contribution < -0.4 is 21.3 Å². The zero-order valence-electron chi connectivity index (χ0n) is 12.8. The molecule has 0 aromatic carbocycles. The molecule has 0 spiro atoms. The minimum Gasteiger partial charge on any atom is -0.461 e. The molecule has 1 fully saturated rings. The summed E-state index contributed by atoms with van der Waals surface area (Å²) >= 11 is 1.92. The van der Waals surface area contributed by atoms with Gasteiger partial charge in [-0.15, -0.1) is 0 Å². The maximum absolute atomic E-state index is 5.52. The van der Waals surface area contributed by atoms with Gasteiger partial charge in [0.2, 0.25) is 11.9 Å². The van der Waals surface area contributed by atoms with Crippen molar-refractivity contribution in [1.82, 2.24) is 15.0 Å². The summed E-state index contributed by atoms with van der Waals surface area (Å²) in [4.78, 5) is 12.6. The van der Waals surface area contributed by atoms with Gasteiger partial charge >= 0.3 is 6.01 Å². The largest absolute Gasteiger partial charge is 0.461 e. The van der Waals surface area contributed by atoms with Gasteiger partial charge in [0.25, 0.3) is 0 Å². The molecule has 1 saturated carbocycles. The van der Waals surface area contributed by atoms with Crippen LogP contribution in [0.15, 0.2) is 0 Å². The minimum absolute atomic E-state index is 0.00162. The number of aromatic nitrogens is 3. The first-order chi connectivity index (χ1) is 10.1. The first kappa shape index (κ1) is 16.1. The average molecular weight is 312 g/mol. The number of rotatable bonds is 7. The number of hydrazine groups is 1. The van der Waals surface area contributed by atoms with Gasteiger partial charge in [0.05, 0.1) is 6.10 Å². The molecule has 21 heavy (non-hydrogen) atoms. The Balaban J connectivity index is 2.07. The van der Waals surface area contributed by atoms with Crippen LogP contribution in [0.2, 0.25) is 0 Å². The summed E-state index contributed by atoms with van der Waals surface area (Å²) in [5.41, 5.74) is 2.45. The Kier molecular flexibility index (Phi) is 5.46. The van der Waals surface area contributed by atoms with Gasteiger partial charge < -0.3 is 10.1 Å². The molecule has 0 bridgehead atoms. The van der Waals surface area contributed by atoms with E-state index in [1.54, 1.807) is 0 Å². The highest BCUT2D eigenvalue weighted by Crippen LogP contribution is 2.40. The summed E-state index contributed by atoms with van der Waals surface area (Å²) in [6, 6.07) is 0.278. The summed E-state index contributed by atoms with van der Waals surface area (Å²) in [7, 11) is 0. The standard InChI is InChI=1S/C13H24N6OS/c1-9(2)20-12-17-10(16-11(18-12)19-14)15-8-13(21-3)6-4-5-7-13/h9H,4-8,14H2,1-3H3,(H2,15,16,17,18,19). The Morgan fingerprint density at radius 1 is 1.24 bits per heavy atom. The van der Waals surface area contributed by atoms with Gasteiger partial charge in [0.1, 0.15) is 0 Å². The van der Waals surface area contributed by atoms with Gasteiger partial charge in [-0.25, -0.2) is 5.84 Å². The van der Waals surface area contributed by atoms with E-state index in [9.17, 15) is 0 Å². The van der Waals surface area contributed by atoms with E-state index in [0.717, 1.165) is 6.54 Å². The normalized spacial score (nSPS) is 17.0. The molecule has 4 N–H and O–H groups in total. The van der Waals surface area contributed by atoms with Crippen LogP contribution in [0.25, 0.3) is 0 Å². The topological polar surface area (TPSA) is 98.0 Å². The molecular weight excluding hydrogens is 288 g/mol. The molecule has 0 saturated heterocycles. The summed E-state index contributed by atoms with van der Waals surface area (Å²) in [6.07, 6.45) is 7.19. The average Bonchev–Trinajstić information content (AvgIpc) is 2.93. The number of nitrogen functional groups attached to an aromatic ring is 1. The first-order valence-electron chi connectivity index (χ1n) is 7.25. The molecule has 1 aromatic heterocycles. The Morgan fingerprint density at radius 2 is 1.90 bits per heavy atom. The van der Waals surface area contributed by atoms with Crippen LogP contribution in [-0.2, 0) is 0 Å². The van der Waals surface area contributed by atoms with Crippen molar-refractivity contribution >= 4 is 23.7 Å². The third kappa shape index (κ3) is 4.34. The maximum Gasteiger partial charge on any atom is 0.323 e. The zero-order chi connectivity index (χ0) is 15.3. The molecule has 8 heteroatoms.